The van der Waals surface area contributed by atoms with Crippen molar-refractivity contribution in [3.05, 3.63) is 55.8 Å². The minimum Gasteiger partial charge on any atom is -0.297 e. The number of halogens is 1. The second-order valence-electron chi connectivity index (χ2n) is 4.19. The first-order valence-corrected chi connectivity index (χ1v) is 8.31. The fourth-order valence-electron chi connectivity index (χ4n) is 1.90. The van der Waals surface area contributed by atoms with E-state index in [-0.39, 0.29) is 5.78 Å². The maximum Gasteiger partial charge on any atom is 0.186 e. The van der Waals surface area contributed by atoms with E-state index in [1.165, 1.54) is 23.1 Å². The van der Waals surface area contributed by atoms with Gasteiger partial charge in [0.25, 0.3) is 0 Å². The van der Waals surface area contributed by atoms with Crippen LogP contribution in [0.25, 0.3) is 6.08 Å². The van der Waals surface area contributed by atoms with Crippen LogP contribution in [0.15, 0.2) is 45.2 Å². The Balaban J connectivity index is 1.91. The van der Waals surface area contributed by atoms with Crippen molar-refractivity contribution in [2.45, 2.75) is 5.92 Å². The summed E-state index contributed by atoms with van der Waals surface area (Å²) in [4.78, 5) is 17.2. The molecule has 0 aliphatic carbocycles. The summed E-state index contributed by atoms with van der Waals surface area (Å²) in [5.74, 6) is -0.542. The van der Waals surface area contributed by atoms with Crippen LogP contribution in [0.5, 0.6) is 0 Å². The molecule has 1 N–H and O–H groups in total. The molecule has 0 saturated carbocycles. The topological polar surface area (TPSA) is 53.8 Å². The number of hydrogen-bond acceptors (Lipinski definition) is 5. The van der Waals surface area contributed by atoms with Crippen LogP contribution in [0.4, 0.5) is 0 Å². The third kappa shape index (κ3) is 2.63. The Hall–Kier alpha value is -1.24. The largest absolute Gasteiger partial charge is 0.297 e. The van der Waals surface area contributed by atoms with Crippen molar-refractivity contribution in [1.29, 1.82) is 5.41 Å². The van der Waals surface area contributed by atoms with E-state index in [9.17, 15) is 4.79 Å². The fraction of sp³-hybridized carbons (Fsp3) is 0.0714. The molecule has 1 aromatic heterocycles. The highest BCUT2D eigenvalue weighted by Gasteiger charge is 2.38. The molecule has 0 radical (unpaired) electrons. The van der Waals surface area contributed by atoms with Crippen LogP contribution >= 0.6 is 39.0 Å². The first-order valence-electron chi connectivity index (χ1n) is 5.82. The van der Waals surface area contributed by atoms with Gasteiger partial charge in [0.15, 0.2) is 5.78 Å². The van der Waals surface area contributed by atoms with Gasteiger partial charge in [-0.2, -0.15) is 0 Å². The summed E-state index contributed by atoms with van der Waals surface area (Å²) in [5, 5.41) is 10.9. The molecule has 1 saturated heterocycles. The number of carbonyl (C=O) groups is 1. The van der Waals surface area contributed by atoms with Gasteiger partial charge < -0.3 is 0 Å². The summed E-state index contributed by atoms with van der Waals surface area (Å²) in [6.45, 7) is 0. The molecular formula is C14H9BrN2OS2. The number of allylic oxidation sites excluding steroid dienone is 1. The fourth-order valence-corrected chi connectivity index (χ4v) is 3.97. The summed E-state index contributed by atoms with van der Waals surface area (Å²) < 4.78 is 0.999. The van der Waals surface area contributed by atoms with Crippen LogP contribution in [-0.4, -0.2) is 15.8 Å². The Morgan fingerprint density at radius 2 is 2.05 bits per heavy atom. The zero-order valence-electron chi connectivity index (χ0n) is 10.2. The lowest BCUT2D eigenvalue weighted by Gasteiger charge is -2.01. The highest BCUT2D eigenvalue weighted by molar-refractivity contribution is 9.10. The first kappa shape index (κ1) is 13.7. The molecule has 3 nitrogen and oxygen atoms in total. The van der Waals surface area contributed by atoms with E-state index < -0.39 is 5.92 Å². The molecule has 1 atom stereocenters. The van der Waals surface area contributed by atoms with Gasteiger partial charge in [-0.15, -0.1) is 11.3 Å². The van der Waals surface area contributed by atoms with Crippen molar-refractivity contribution < 1.29 is 4.79 Å². The van der Waals surface area contributed by atoms with Crippen molar-refractivity contribution in [2.24, 2.45) is 0 Å². The number of thiazole rings is 1. The van der Waals surface area contributed by atoms with Gasteiger partial charge in [-0.3, -0.25) is 10.2 Å². The molecule has 2 aromatic rings. The van der Waals surface area contributed by atoms with Crippen LogP contribution in [0, 0.1) is 5.41 Å². The zero-order valence-corrected chi connectivity index (χ0v) is 13.4. The zero-order chi connectivity index (χ0) is 14.1. The van der Waals surface area contributed by atoms with Crippen LogP contribution in [0.3, 0.4) is 0 Å². The monoisotopic (exact) mass is 364 g/mol. The average molecular weight is 365 g/mol. The van der Waals surface area contributed by atoms with Gasteiger partial charge in [0.2, 0.25) is 0 Å². The minimum absolute atomic E-state index is 0.0298. The normalized spacial score (nSPS) is 20.9. The molecular weight excluding hydrogens is 356 g/mol. The second-order valence-corrected chi connectivity index (χ2v) is 7.12. The Kier molecular flexibility index (Phi) is 3.87. The second kappa shape index (κ2) is 5.63. The van der Waals surface area contributed by atoms with E-state index in [2.05, 4.69) is 20.9 Å². The third-order valence-electron chi connectivity index (χ3n) is 2.85. The van der Waals surface area contributed by atoms with E-state index in [1.54, 1.807) is 6.20 Å². The molecule has 0 unspecified atom stereocenters. The number of Topliss-reactive ketones (excluding diaryl/α,β-unsaturated/α-hetero) is 1. The standard InChI is InChI=1S/C14H9BrN2OS2/c15-9-3-1-8(2-4-9)7-10-12(18)11(13(16)20-10)14-17-5-6-19-14/h1-7,11,16H/b10-7-,16-13?/t11-/m0/s1. The SMILES string of the molecule is N=C1S/C(=C\c2ccc(Br)cc2)C(=O)[C@@H]1c1nccs1. The van der Waals surface area contributed by atoms with Crippen LogP contribution in [0.1, 0.15) is 16.5 Å². The Labute approximate surface area is 132 Å². The van der Waals surface area contributed by atoms with Gasteiger partial charge in [0.1, 0.15) is 10.9 Å². The number of nitrogens with one attached hydrogen (secondary N) is 1. The third-order valence-corrected chi connectivity index (χ3v) is 5.22. The van der Waals surface area contributed by atoms with Crippen LogP contribution in [0.2, 0.25) is 0 Å². The molecule has 0 spiro atoms. The van der Waals surface area contributed by atoms with Crippen molar-refractivity contribution in [3.8, 4) is 0 Å². The molecule has 1 aromatic carbocycles. The first-order chi connectivity index (χ1) is 9.65. The van der Waals surface area contributed by atoms with Gasteiger partial charge in [0, 0.05) is 16.0 Å². The maximum absolute atomic E-state index is 12.4. The van der Waals surface area contributed by atoms with Gasteiger partial charge >= 0.3 is 0 Å². The average Bonchev–Trinajstić information content (AvgIpc) is 3.02. The van der Waals surface area contributed by atoms with Crippen LogP contribution in [-0.2, 0) is 4.79 Å². The molecule has 6 heteroatoms. The number of aromatic nitrogens is 1. The van der Waals surface area contributed by atoms with E-state index in [1.807, 2.05) is 35.7 Å². The Morgan fingerprint density at radius 1 is 1.30 bits per heavy atom. The quantitative estimate of drug-likeness (QED) is 0.807. The lowest BCUT2D eigenvalue weighted by molar-refractivity contribution is -0.114. The van der Waals surface area contributed by atoms with E-state index in [0.29, 0.717) is 15.0 Å². The van der Waals surface area contributed by atoms with Crippen molar-refractivity contribution >= 4 is 55.9 Å². The van der Waals surface area contributed by atoms with E-state index in [4.69, 9.17) is 5.41 Å². The molecule has 1 aliphatic heterocycles. The summed E-state index contributed by atoms with van der Waals surface area (Å²) in [5.41, 5.74) is 0.955. The summed E-state index contributed by atoms with van der Waals surface area (Å²) in [6.07, 6.45) is 3.50. The van der Waals surface area contributed by atoms with E-state index >= 15 is 0 Å². The number of hydrogen-bond donors (Lipinski definition) is 1. The minimum atomic E-state index is -0.512. The highest BCUT2D eigenvalue weighted by atomic mass is 79.9. The smallest absolute Gasteiger partial charge is 0.186 e. The molecule has 0 bridgehead atoms. The van der Waals surface area contributed by atoms with Gasteiger partial charge in [-0.05, 0) is 23.8 Å². The number of thioether (sulfide) groups is 1. The molecule has 3 rings (SSSR count). The molecule has 1 fully saturated rings. The number of carbonyl (C=O) groups excluding carboxylic acids is 1. The molecule has 2 heterocycles. The highest BCUT2D eigenvalue weighted by Crippen LogP contribution is 2.41. The predicted octanol–water partition coefficient (Wildman–Crippen LogP) is 4.32. The summed E-state index contributed by atoms with van der Waals surface area (Å²) in [7, 11) is 0. The number of nitrogens with zero attached hydrogens (tertiary/aromatic N) is 1. The van der Waals surface area contributed by atoms with Crippen molar-refractivity contribution in [1.82, 2.24) is 4.98 Å². The van der Waals surface area contributed by atoms with E-state index in [0.717, 1.165) is 10.0 Å². The predicted molar refractivity (Wildman–Crippen MR) is 87.3 cm³/mol. The van der Waals surface area contributed by atoms with Gasteiger partial charge in [0.05, 0.1) is 9.95 Å². The lowest BCUT2D eigenvalue weighted by Crippen LogP contribution is -2.11. The Morgan fingerprint density at radius 3 is 2.70 bits per heavy atom. The Bertz CT molecular complexity index is 692. The van der Waals surface area contributed by atoms with Crippen molar-refractivity contribution in [2.75, 3.05) is 0 Å². The summed E-state index contributed by atoms with van der Waals surface area (Å²) in [6, 6.07) is 7.73. The number of rotatable bonds is 2. The maximum atomic E-state index is 12.4. The number of ketones is 1. The molecule has 100 valence electrons. The molecule has 0 amide bonds. The summed E-state index contributed by atoms with van der Waals surface area (Å²) >= 11 is 6.03. The van der Waals surface area contributed by atoms with Crippen molar-refractivity contribution in [3.63, 3.8) is 0 Å². The lowest BCUT2D eigenvalue weighted by atomic mass is 10.1. The molecule has 1 aliphatic rings. The van der Waals surface area contributed by atoms with Gasteiger partial charge in [-0.1, -0.05) is 39.8 Å². The van der Waals surface area contributed by atoms with Crippen LogP contribution < -0.4 is 0 Å². The molecule has 20 heavy (non-hydrogen) atoms. The number of benzene rings is 1. The van der Waals surface area contributed by atoms with Gasteiger partial charge in [-0.25, -0.2) is 4.98 Å².